The van der Waals surface area contributed by atoms with Crippen LogP contribution in [-0.4, -0.2) is 36.5 Å². The lowest BCUT2D eigenvalue weighted by molar-refractivity contribution is -0.0499. The number of hydrogen-bond acceptors (Lipinski definition) is 3. The first-order chi connectivity index (χ1) is 9.47. The number of alkyl halides is 2. The van der Waals surface area contributed by atoms with Crippen LogP contribution in [0, 0.1) is 5.92 Å². The van der Waals surface area contributed by atoms with Gasteiger partial charge in [0.15, 0.2) is 0 Å². The van der Waals surface area contributed by atoms with Gasteiger partial charge in [0.2, 0.25) is 0 Å². The predicted molar refractivity (Wildman–Crippen MR) is 78.0 cm³/mol. The summed E-state index contributed by atoms with van der Waals surface area (Å²) in [4.78, 5) is 14.0. The lowest BCUT2D eigenvalue weighted by atomic mass is 10.0. The Balaban J connectivity index is 0.00000220. The van der Waals surface area contributed by atoms with Gasteiger partial charge in [-0.25, -0.2) is 0 Å². The van der Waals surface area contributed by atoms with E-state index in [2.05, 4.69) is 4.74 Å². The maximum atomic E-state index is 12.3. The van der Waals surface area contributed by atoms with Gasteiger partial charge < -0.3 is 15.4 Å². The largest absolute Gasteiger partial charge is 0.435 e. The molecule has 2 atom stereocenters. The van der Waals surface area contributed by atoms with Crippen LogP contribution in [0.2, 0.25) is 0 Å². The fourth-order valence-electron chi connectivity index (χ4n) is 2.39. The van der Waals surface area contributed by atoms with Gasteiger partial charge in [0.05, 0.1) is 0 Å². The van der Waals surface area contributed by atoms with Crippen LogP contribution < -0.4 is 10.5 Å². The first kappa shape index (κ1) is 17.7. The van der Waals surface area contributed by atoms with E-state index in [4.69, 9.17) is 5.73 Å². The summed E-state index contributed by atoms with van der Waals surface area (Å²) < 4.78 is 28.6. The molecule has 1 fully saturated rings. The van der Waals surface area contributed by atoms with Gasteiger partial charge in [-0.15, -0.1) is 12.4 Å². The molecule has 1 saturated heterocycles. The Bertz CT molecular complexity index is 486. The fraction of sp³-hybridized carbons (Fsp3) is 0.500. The number of nitrogens with zero attached hydrogens (tertiary/aromatic N) is 1. The van der Waals surface area contributed by atoms with Crippen molar-refractivity contribution in [3.63, 3.8) is 0 Å². The van der Waals surface area contributed by atoms with E-state index in [1.807, 2.05) is 6.92 Å². The number of benzene rings is 1. The van der Waals surface area contributed by atoms with Crippen LogP contribution in [0.25, 0.3) is 0 Å². The van der Waals surface area contributed by atoms with E-state index in [9.17, 15) is 13.6 Å². The maximum absolute atomic E-state index is 12.3. The van der Waals surface area contributed by atoms with Crippen LogP contribution in [0.4, 0.5) is 8.78 Å². The number of rotatable bonds is 4. The van der Waals surface area contributed by atoms with Crippen molar-refractivity contribution in [1.82, 2.24) is 4.90 Å². The molecule has 0 aromatic heterocycles. The van der Waals surface area contributed by atoms with Crippen molar-refractivity contribution in [2.24, 2.45) is 11.7 Å². The van der Waals surface area contributed by atoms with Crippen LogP contribution in [0.5, 0.6) is 5.75 Å². The third-order valence-electron chi connectivity index (χ3n) is 3.56. The van der Waals surface area contributed by atoms with E-state index < -0.39 is 6.61 Å². The topological polar surface area (TPSA) is 55.6 Å². The van der Waals surface area contributed by atoms with Crippen molar-refractivity contribution >= 4 is 18.3 Å². The van der Waals surface area contributed by atoms with Gasteiger partial charge in [-0.05, 0) is 37.5 Å². The van der Waals surface area contributed by atoms with E-state index in [1.165, 1.54) is 18.2 Å². The van der Waals surface area contributed by atoms with Gasteiger partial charge in [0.25, 0.3) is 5.91 Å². The minimum Gasteiger partial charge on any atom is -0.435 e. The minimum atomic E-state index is -2.89. The van der Waals surface area contributed by atoms with Gasteiger partial charge in [0.1, 0.15) is 5.75 Å². The maximum Gasteiger partial charge on any atom is 0.387 e. The number of hydrogen-bond donors (Lipinski definition) is 1. The normalized spacial score (nSPS) is 19.3. The highest BCUT2D eigenvalue weighted by molar-refractivity contribution is 5.94. The van der Waals surface area contributed by atoms with Crippen LogP contribution in [-0.2, 0) is 0 Å². The first-order valence-corrected chi connectivity index (χ1v) is 6.57. The summed E-state index contributed by atoms with van der Waals surface area (Å²) in [5.41, 5.74) is 6.19. The van der Waals surface area contributed by atoms with Crippen molar-refractivity contribution in [3.05, 3.63) is 29.8 Å². The molecule has 7 heteroatoms. The summed E-state index contributed by atoms with van der Waals surface area (Å²) in [5, 5.41) is 0. The molecule has 0 radical (unpaired) electrons. The highest BCUT2D eigenvalue weighted by atomic mass is 35.5. The summed E-state index contributed by atoms with van der Waals surface area (Å²) in [6, 6.07) is 5.91. The number of carbonyl (C=O) groups is 1. The summed E-state index contributed by atoms with van der Waals surface area (Å²) in [6.07, 6.45) is 0.872. The molecule has 118 valence electrons. The van der Waals surface area contributed by atoms with Gasteiger partial charge in [-0.2, -0.15) is 8.78 Å². The third-order valence-corrected chi connectivity index (χ3v) is 3.56. The van der Waals surface area contributed by atoms with E-state index in [0.29, 0.717) is 24.6 Å². The van der Waals surface area contributed by atoms with Crippen molar-refractivity contribution in [2.75, 3.05) is 13.1 Å². The lowest BCUT2D eigenvalue weighted by Gasteiger charge is -2.18. The van der Waals surface area contributed by atoms with Crippen molar-refractivity contribution in [2.45, 2.75) is 26.0 Å². The zero-order valence-corrected chi connectivity index (χ0v) is 12.5. The third kappa shape index (κ3) is 4.54. The Labute approximate surface area is 128 Å². The summed E-state index contributed by atoms with van der Waals surface area (Å²) >= 11 is 0. The average molecular weight is 321 g/mol. The number of ether oxygens (including phenoxy) is 1. The molecular formula is C14H19ClF2N2O2. The van der Waals surface area contributed by atoms with E-state index in [-0.39, 0.29) is 30.1 Å². The fourth-order valence-corrected chi connectivity index (χ4v) is 2.39. The van der Waals surface area contributed by atoms with Gasteiger partial charge in [-0.1, -0.05) is 6.07 Å². The molecule has 0 bridgehead atoms. The zero-order chi connectivity index (χ0) is 14.7. The average Bonchev–Trinajstić information content (AvgIpc) is 2.87. The van der Waals surface area contributed by atoms with E-state index in [1.54, 1.807) is 11.0 Å². The molecule has 0 aliphatic carbocycles. The van der Waals surface area contributed by atoms with Gasteiger partial charge in [-0.3, -0.25) is 4.79 Å². The minimum absolute atomic E-state index is 0. The number of carbonyl (C=O) groups excluding carboxylic acids is 1. The van der Waals surface area contributed by atoms with Crippen LogP contribution in [0.3, 0.4) is 0 Å². The monoisotopic (exact) mass is 320 g/mol. The molecule has 1 aromatic rings. The van der Waals surface area contributed by atoms with Crippen LogP contribution in [0.15, 0.2) is 24.3 Å². The number of amides is 1. The van der Waals surface area contributed by atoms with Crippen LogP contribution in [0.1, 0.15) is 23.7 Å². The molecule has 2 unspecified atom stereocenters. The number of likely N-dealkylation sites (tertiary alicyclic amines) is 1. The zero-order valence-electron chi connectivity index (χ0n) is 11.7. The number of nitrogens with two attached hydrogens (primary N) is 1. The second-order valence-corrected chi connectivity index (χ2v) is 5.07. The molecule has 1 amide bonds. The smallest absolute Gasteiger partial charge is 0.387 e. The van der Waals surface area contributed by atoms with Gasteiger partial charge in [0, 0.05) is 24.7 Å². The molecule has 2 rings (SSSR count). The molecule has 21 heavy (non-hydrogen) atoms. The van der Waals surface area contributed by atoms with E-state index in [0.717, 1.165) is 6.42 Å². The first-order valence-electron chi connectivity index (χ1n) is 6.57. The summed E-state index contributed by atoms with van der Waals surface area (Å²) in [5.74, 6) is 0.112. The molecule has 4 nitrogen and oxygen atoms in total. The molecule has 2 N–H and O–H groups in total. The highest BCUT2D eigenvalue weighted by Crippen LogP contribution is 2.22. The second kappa shape index (κ2) is 7.56. The molecular weight excluding hydrogens is 302 g/mol. The van der Waals surface area contributed by atoms with Crippen molar-refractivity contribution in [1.29, 1.82) is 0 Å². The van der Waals surface area contributed by atoms with Crippen molar-refractivity contribution < 1.29 is 18.3 Å². The molecule has 1 aromatic carbocycles. The Morgan fingerprint density at radius 1 is 1.48 bits per heavy atom. The second-order valence-electron chi connectivity index (χ2n) is 5.07. The Morgan fingerprint density at radius 3 is 2.76 bits per heavy atom. The summed E-state index contributed by atoms with van der Waals surface area (Å²) in [7, 11) is 0. The Kier molecular flexibility index (Phi) is 6.36. The van der Waals surface area contributed by atoms with Crippen LogP contribution >= 0.6 is 12.4 Å². The Hall–Kier alpha value is -1.40. The quantitative estimate of drug-likeness (QED) is 0.927. The molecule has 0 spiro atoms. The summed E-state index contributed by atoms with van der Waals surface area (Å²) in [6.45, 7) is 0.284. The van der Waals surface area contributed by atoms with E-state index >= 15 is 0 Å². The molecule has 0 saturated carbocycles. The molecule has 1 heterocycles. The number of halogens is 3. The SMILES string of the molecule is CC(N)C1CCN(C(=O)c2cccc(OC(F)F)c2)C1.Cl. The predicted octanol–water partition coefficient (Wildman–Crippen LogP) is 2.52. The molecule has 1 aliphatic heterocycles. The highest BCUT2D eigenvalue weighted by Gasteiger charge is 2.29. The Morgan fingerprint density at radius 2 is 2.19 bits per heavy atom. The lowest BCUT2D eigenvalue weighted by Crippen LogP contribution is -2.33. The standard InChI is InChI=1S/C14H18F2N2O2.ClH/c1-9(17)11-5-6-18(8-11)13(19)10-3-2-4-12(7-10)20-14(15)16;/h2-4,7,9,11,14H,5-6,8,17H2,1H3;1H. The van der Waals surface area contributed by atoms with Crippen molar-refractivity contribution in [3.8, 4) is 5.75 Å². The van der Waals surface area contributed by atoms with Gasteiger partial charge >= 0.3 is 6.61 Å². The molecule has 1 aliphatic rings.